The van der Waals surface area contributed by atoms with Crippen LogP contribution in [0.1, 0.15) is 35.4 Å². The zero-order valence-electron chi connectivity index (χ0n) is 17.4. The number of ether oxygens (including phenoxy) is 1. The highest BCUT2D eigenvalue weighted by molar-refractivity contribution is 7.80. The Morgan fingerprint density at radius 2 is 2.03 bits per heavy atom. The van der Waals surface area contributed by atoms with Gasteiger partial charge in [-0.25, -0.2) is 0 Å². The van der Waals surface area contributed by atoms with Crippen molar-refractivity contribution in [1.82, 2.24) is 9.88 Å². The number of anilines is 1. The van der Waals surface area contributed by atoms with Gasteiger partial charge in [0.05, 0.1) is 11.8 Å². The maximum atomic E-state index is 13.2. The second-order valence-corrected chi connectivity index (χ2v) is 8.26. The van der Waals surface area contributed by atoms with E-state index in [2.05, 4.69) is 9.88 Å². The first-order valence-corrected chi connectivity index (χ1v) is 10.5. The van der Waals surface area contributed by atoms with Crippen LogP contribution in [0.15, 0.2) is 35.9 Å². The predicted molar refractivity (Wildman–Crippen MR) is 120 cm³/mol. The second-order valence-electron chi connectivity index (χ2n) is 7.87. The van der Waals surface area contributed by atoms with Gasteiger partial charge in [-0.1, -0.05) is 12.1 Å². The van der Waals surface area contributed by atoms with E-state index in [0.29, 0.717) is 5.69 Å². The van der Waals surface area contributed by atoms with E-state index in [1.165, 1.54) is 4.90 Å². The average molecular weight is 424 g/mol. The summed E-state index contributed by atoms with van der Waals surface area (Å²) in [5.74, 6) is -0.892. The highest BCUT2D eigenvalue weighted by Gasteiger charge is 2.34. The molecule has 4 rings (SSSR count). The molecule has 1 N–H and O–H groups in total. The van der Waals surface area contributed by atoms with E-state index in [1.807, 2.05) is 45.0 Å². The maximum Gasteiger partial charge on any atom is 0.270 e. The van der Waals surface area contributed by atoms with Crippen molar-refractivity contribution in [3.8, 4) is 0 Å². The Labute approximate surface area is 181 Å². The Morgan fingerprint density at radius 1 is 1.23 bits per heavy atom. The summed E-state index contributed by atoms with van der Waals surface area (Å²) in [4.78, 5) is 27.2. The summed E-state index contributed by atoms with van der Waals surface area (Å²) in [5.41, 5.74) is 4.64. The Bertz CT molecular complexity index is 1060. The molecule has 0 spiro atoms. The lowest BCUT2D eigenvalue weighted by Gasteiger charge is -2.29. The summed E-state index contributed by atoms with van der Waals surface area (Å²) in [7, 11) is 0. The van der Waals surface area contributed by atoms with E-state index in [9.17, 15) is 9.59 Å². The molecular weight excluding hydrogens is 398 g/mol. The summed E-state index contributed by atoms with van der Waals surface area (Å²) in [6.07, 6.45) is 4.02. The Balaban J connectivity index is 1.67. The SMILES string of the molecule is Cc1cccc(N2C(=O)/C(=C\c3cc(C)n(C[C@@H]4CCCO4)c3C)C(=O)NC2=S)c1. The van der Waals surface area contributed by atoms with Gasteiger partial charge in [-0.2, -0.15) is 0 Å². The van der Waals surface area contributed by atoms with Crippen LogP contribution in [0.4, 0.5) is 5.69 Å². The molecule has 1 aromatic heterocycles. The summed E-state index contributed by atoms with van der Waals surface area (Å²) >= 11 is 5.28. The fourth-order valence-electron chi connectivity index (χ4n) is 4.06. The molecule has 30 heavy (non-hydrogen) atoms. The Kier molecular flexibility index (Phi) is 5.58. The van der Waals surface area contributed by atoms with Gasteiger partial charge in [-0.15, -0.1) is 0 Å². The number of nitrogens with one attached hydrogen (secondary N) is 1. The molecule has 2 saturated heterocycles. The van der Waals surface area contributed by atoms with Gasteiger partial charge < -0.3 is 9.30 Å². The number of carbonyl (C=O) groups is 2. The third-order valence-corrected chi connectivity index (χ3v) is 5.97. The molecule has 0 unspecified atom stereocenters. The van der Waals surface area contributed by atoms with Gasteiger partial charge in [0.1, 0.15) is 5.57 Å². The first-order chi connectivity index (χ1) is 14.3. The van der Waals surface area contributed by atoms with Crippen molar-refractivity contribution < 1.29 is 14.3 Å². The molecule has 3 heterocycles. The van der Waals surface area contributed by atoms with Crippen LogP contribution < -0.4 is 10.2 Å². The van der Waals surface area contributed by atoms with Gasteiger partial charge in [-0.3, -0.25) is 19.8 Å². The summed E-state index contributed by atoms with van der Waals surface area (Å²) < 4.78 is 7.96. The third-order valence-electron chi connectivity index (χ3n) is 5.68. The van der Waals surface area contributed by atoms with Crippen LogP contribution in [0.2, 0.25) is 0 Å². The summed E-state index contributed by atoms with van der Waals surface area (Å²) in [6, 6.07) is 9.48. The number of amides is 2. The topological polar surface area (TPSA) is 63.6 Å². The molecule has 1 aromatic carbocycles. The number of benzene rings is 1. The van der Waals surface area contributed by atoms with E-state index in [1.54, 1.807) is 12.1 Å². The highest BCUT2D eigenvalue weighted by atomic mass is 32.1. The predicted octanol–water partition coefficient (Wildman–Crippen LogP) is 3.42. The van der Waals surface area contributed by atoms with Crippen molar-refractivity contribution in [3.63, 3.8) is 0 Å². The van der Waals surface area contributed by atoms with Crippen LogP contribution in [0, 0.1) is 20.8 Å². The number of hydrogen-bond acceptors (Lipinski definition) is 4. The Morgan fingerprint density at radius 3 is 2.73 bits per heavy atom. The third kappa shape index (κ3) is 3.82. The van der Waals surface area contributed by atoms with Crippen molar-refractivity contribution in [2.24, 2.45) is 0 Å². The van der Waals surface area contributed by atoms with Crippen LogP contribution in [0.25, 0.3) is 6.08 Å². The lowest BCUT2D eigenvalue weighted by Crippen LogP contribution is -2.54. The lowest BCUT2D eigenvalue weighted by atomic mass is 10.1. The monoisotopic (exact) mass is 423 g/mol. The van der Waals surface area contributed by atoms with Crippen LogP contribution in [0.5, 0.6) is 0 Å². The van der Waals surface area contributed by atoms with E-state index >= 15 is 0 Å². The van der Waals surface area contributed by atoms with Gasteiger partial charge in [0.25, 0.3) is 11.8 Å². The standard InChI is InChI=1S/C23H25N3O3S/c1-14-6-4-7-18(10-14)26-22(28)20(21(27)24-23(26)30)12-17-11-15(2)25(16(17)3)13-19-8-5-9-29-19/h4,6-7,10-12,19H,5,8-9,13H2,1-3H3,(H,24,27,30)/b20-12-/t19-/m0/s1. The normalized spacial score (nSPS) is 20.9. The quantitative estimate of drug-likeness (QED) is 0.465. The fourth-order valence-corrected chi connectivity index (χ4v) is 4.34. The summed E-state index contributed by atoms with van der Waals surface area (Å²) in [5, 5.41) is 2.74. The van der Waals surface area contributed by atoms with Gasteiger partial charge in [-0.05, 0) is 81.2 Å². The van der Waals surface area contributed by atoms with E-state index in [0.717, 1.165) is 48.5 Å². The molecule has 2 amide bonds. The molecule has 2 aliphatic heterocycles. The molecule has 6 nitrogen and oxygen atoms in total. The van der Waals surface area contributed by atoms with Crippen LogP contribution in [-0.2, 0) is 20.9 Å². The van der Waals surface area contributed by atoms with Crippen molar-refractivity contribution in [3.05, 3.63) is 58.4 Å². The number of rotatable bonds is 4. The zero-order valence-corrected chi connectivity index (χ0v) is 18.2. The minimum atomic E-state index is -0.474. The van der Waals surface area contributed by atoms with Gasteiger partial charge in [0.2, 0.25) is 0 Å². The largest absolute Gasteiger partial charge is 0.376 e. The first-order valence-electron chi connectivity index (χ1n) is 10.1. The number of carbonyl (C=O) groups excluding carboxylic acids is 2. The van der Waals surface area contributed by atoms with Crippen LogP contribution >= 0.6 is 12.2 Å². The van der Waals surface area contributed by atoms with E-state index in [-0.39, 0.29) is 16.8 Å². The molecule has 7 heteroatoms. The molecule has 1 atom stereocenters. The van der Waals surface area contributed by atoms with Crippen molar-refractivity contribution in [1.29, 1.82) is 0 Å². The van der Waals surface area contributed by atoms with Gasteiger partial charge >= 0.3 is 0 Å². The van der Waals surface area contributed by atoms with Crippen LogP contribution in [-0.4, -0.2) is 34.2 Å². The number of aryl methyl sites for hydroxylation is 2. The molecule has 0 bridgehead atoms. The maximum absolute atomic E-state index is 13.2. The van der Waals surface area contributed by atoms with Gasteiger partial charge in [0, 0.05) is 24.5 Å². The average Bonchev–Trinajstić information content (AvgIpc) is 3.29. The molecule has 0 aliphatic carbocycles. The van der Waals surface area contributed by atoms with Crippen LogP contribution in [0.3, 0.4) is 0 Å². The van der Waals surface area contributed by atoms with E-state index < -0.39 is 11.8 Å². The highest BCUT2D eigenvalue weighted by Crippen LogP contribution is 2.26. The minimum Gasteiger partial charge on any atom is -0.376 e. The van der Waals surface area contributed by atoms with Crippen molar-refractivity contribution in [2.45, 2.75) is 46.3 Å². The number of nitrogens with zero attached hydrogens (tertiary/aromatic N) is 2. The molecule has 156 valence electrons. The Hall–Kier alpha value is -2.77. The molecule has 2 aliphatic rings. The number of hydrogen-bond donors (Lipinski definition) is 1. The molecule has 0 radical (unpaired) electrons. The smallest absolute Gasteiger partial charge is 0.270 e. The molecule has 2 fully saturated rings. The second kappa shape index (κ2) is 8.16. The number of aromatic nitrogens is 1. The van der Waals surface area contributed by atoms with Crippen molar-refractivity contribution in [2.75, 3.05) is 11.5 Å². The summed E-state index contributed by atoms with van der Waals surface area (Å²) in [6.45, 7) is 7.56. The first kappa shape index (κ1) is 20.5. The molecular formula is C23H25N3O3S. The number of thiocarbonyl (C=S) groups is 1. The fraction of sp³-hybridized carbons (Fsp3) is 0.348. The van der Waals surface area contributed by atoms with Gasteiger partial charge in [0.15, 0.2) is 5.11 Å². The van der Waals surface area contributed by atoms with Crippen molar-refractivity contribution >= 4 is 40.9 Å². The zero-order chi connectivity index (χ0) is 21.4. The minimum absolute atomic E-state index is 0.0717. The molecule has 2 aromatic rings. The molecule has 0 saturated carbocycles. The lowest BCUT2D eigenvalue weighted by molar-refractivity contribution is -0.122. The van der Waals surface area contributed by atoms with E-state index in [4.69, 9.17) is 17.0 Å².